The lowest BCUT2D eigenvalue weighted by atomic mass is 10.2. The molecule has 0 saturated carbocycles. The van der Waals surface area contributed by atoms with E-state index in [1.165, 1.54) is 19.4 Å². The van der Waals surface area contributed by atoms with Crippen molar-refractivity contribution >= 4 is 0 Å². The van der Waals surface area contributed by atoms with E-state index in [1.807, 2.05) is 0 Å². The minimum absolute atomic E-state index is 0.736. The van der Waals surface area contributed by atoms with Gasteiger partial charge >= 0.3 is 0 Å². The predicted molar refractivity (Wildman–Crippen MR) is 34.7 cm³/mol. The topological polar surface area (TPSA) is 38.0 Å². The molecule has 0 amide bonds. The Bertz CT molecular complexity index is 57.5. The Morgan fingerprint density at radius 3 is 3.00 bits per heavy atom. The molecule has 0 aromatic carbocycles. The van der Waals surface area contributed by atoms with Gasteiger partial charge in [-0.15, -0.1) is 0 Å². The smallest absolute Gasteiger partial charge is 0.00795 e. The highest BCUT2D eigenvalue weighted by molar-refractivity contribution is 4.73. The lowest BCUT2D eigenvalue weighted by molar-refractivity contribution is 0.566. The number of hydrogen-bond acceptors (Lipinski definition) is 2. The van der Waals surface area contributed by atoms with E-state index < -0.39 is 0 Å². The third-order valence-electron chi connectivity index (χ3n) is 1.68. The summed E-state index contributed by atoms with van der Waals surface area (Å²) in [5.74, 6) is 0. The SMILES string of the molecule is NCCC1CCCN1. The van der Waals surface area contributed by atoms with E-state index in [2.05, 4.69) is 5.32 Å². The molecule has 1 atom stereocenters. The minimum Gasteiger partial charge on any atom is -0.330 e. The predicted octanol–water partition coefficient (Wildman–Crippen LogP) is 0.0872. The van der Waals surface area contributed by atoms with Gasteiger partial charge < -0.3 is 11.1 Å². The second kappa shape index (κ2) is 3.05. The van der Waals surface area contributed by atoms with Gasteiger partial charge in [0.15, 0.2) is 0 Å². The average molecular weight is 114 g/mol. The van der Waals surface area contributed by atoms with Crippen molar-refractivity contribution in [1.82, 2.24) is 5.32 Å². The van der Waals surface area contributed by atoms with Crippen LogP contribution in [0.4, 0.5) is 0 Å². The Hall–Kier alpha value is -0.0800. The highest BCUT2D eigenvalue weighted by Crippen LogP contribution is 2.06. The maximum Gasteiger partial charge on any atom is 0.00795 e. The lowest BCUT2D eigenvalue weighted by Crippen LogP contribution is -2.24. The Morgan fingerprint density at radius 2 is 2.50 bits per heavy atom. The summed E-state index contributed by atoms with van der Waals surface area (Å²) in [5.41, 5.74) is 5.37. The van der Waals surface area contributed by atoms with Crippen LogP contribution in [0.5, 0.6) is 0 Å². The average Bonchev–Trinajstić information content (AvgIpc) is 2.19. The van der Waals surface area contributed by atoms with Crippen LogP contribution in [0, 0.1) is 0 Å². The van der Waals surface area contributed by atoms with Crippen LogP contribution in [0.1, 0.15) is 19.3 Å². The maximum absolute atomic E-state index is 5.37. The van der Waals surface area contributed by atoms with E-state index in [1.54, 1.807) is 0 Å². The molecule has 0 aromatic heterocycles. The Labute approximate surface area is 50.4 Å². The van der Waals surface area contributed by atoms with Gasteiger partial charge in [0, 0.05) is 6.04 Å². The summed E-state index contributed by atoms with van der Waals surface area (Å²) in [7, 11) is 0. The normalized spacial score (nSPS) is 28.9. The van der Waals surface area contributed by atoms with Crippen molar-refractivity contribution in [3.63, 3.8) is 0 Å². The van der Waals surface area contributed by atoms with Crippen LogP contribution in [0.15, 0.2) is 0 Å². The molecule has 2 nitrogen and oxygen atoms in total. The molecule has 0 bridgehead atoms. The molecular formula is C6H14N2. The Balaban J connectivity index is 2.06. The van der Waals surface area contributed by atoms with E-state index >= 15 is 0 Å². The van der Waals surface area contributed by atoms with Crippen molar-refractivity contribution in [3.8, 4) is 0 Å². The second-order valence-electron chi connectivity index (χ2n) is 2.37. The highest BCUT2D eigenvalue weighted by Gasteiger charge is 2.11. The van der Waals surface area contributed by atoms with Crippen LogP contribution in [-0.2, 0) is 0 Å². The first kappa shape index (κ1) is 6.05. The van der Waals surface area contributed by atoms with Gasteiger partial charge in [-0.25, -0.2) is 0 Å². The molecule has 1 aliphatic heterocycles. The fraction of sp³-hybridized carbons (Fsp3) is 1.00. The third kappa shape index (κ3) is 1.46. The molecule has 1 unspecified atom stereocenters. The molecule has 1 saturated heterocycles. The molecule has 0 aromatic rings. The monoisotopic (exact) mass is 114 g/mol. The molecule has 0 aliphatic carbocycles. The molecule has 1 fully saturated rings. The first-order valence-corrected chi connectivity index (χ1v) is 3.37. The lowest BCUT2D eigenvalue weighted by Gasteiger charge is -2.05. The number of hydrogen-bond donors (Lipinski definition) is 2. The van der Waals surface area contributed by atoms with E-state index in [0.717, 1.165) is 19.0 Å². The summed E-state index contributed by atoms with van der Waals surface area (Å²) in [6.45, 7) is 2.03. The molecule has 0 spiro atoms. The summed E-state index contributed by atoms with van der Waals surface area (Å²) in [5, 5.41) is 3.38. The van der Waals surface area contributed by atoms with Gasteiger partial charge in [0.05, 0.1) is 0 Å². The molecule has 0 radical (unpaired) electrons. The maximum atomic E-state index is 5.37. The van der Waals surface area contributed by atoms with Gasteiger partial charge in [-0.05, 0) is 32.4 Å². The molecule has 1 heterocycles. The van der Waals surface area contributed by atoms with Gasteiger partial charge in [0.2, 0.25) is 0 Å². The third-order valence-corrected chi connectivity index (χ3v) is 1.68. The van der Waals surface area contributed by atoms with Gasteiger partial charge in [0.1, 0.15) is 0 Å². The van der Waals surface area contributed by atoms with Crippen LogP contribution in [0.25, 0.3) is 0 Å². The summed E-state index contributed by atoms with van der Waals surface area (Å²) in [4.78, 5) is 0. The number of nitrogens with two attached hydrogens (primary N) is 1. The standard InChI is InChI=1S/C6H14N2/c7-4-3-6-2-1-5-8-6/h6,8H,1-5,7H2. The quantitative estimate of drug-likeness (QED) is 0.534. The summed E-state index contributed by atoms with van der Waals surface area (Å²) in [6.07, 6.45) is 3.82. The van der Waals surface area contributed by atoms with Gasteiger partial charge in [-0.2, -0.15) is 0 Å². The van der Waals surface area contributed by atoms with Crippen molar-refractivity contribution < 1.29 is 0 Å². The van der Waals surface area contributed by atoms with E-state index in [9.17, 15) is 0 Å². The van der Waals surface area contributed by atoms with Crippen LogP contribution in [-0.4, -0.2) is 19.1 Å². The van der Waals surface area contributed by atoms with E-state index in [4.69, 9.17) is 5.73 Å². The van der Waals surface area contributed by atoms with Crippen molar-refractivity contribution in [2.75, 3.05) is 13.1 Å². The molecule has 48 valence electrons. The van der Waals surface area contributed by atoms with Crippen molar-refractivity contribution in [2.45, 2.75) is 25.3 Å². The van der Waals surface area contributed by atoms with Gasteiger partial charge in [-0.1, -0.05) is 0 Å². The largest absolute Gasteiger partial charge is 0.330 e. The minimum atomic E-state index is 0.736. The van der Waals surface area contributed by atoms with Crippen LogP contribution in [0.3, 0.4) is 0 Å². The van der Waals surface area contributed by atoms with Crippen molar-refractivity contribution in [3.05, 3.63) is 0 Å². The fourth-order valence-electron chi connectivity index (χ4n) is 1.20. The highest BCUT2D eigenvalue weighted by atomic mass is 14.9. The van der Waals surface area contributed by atoms with Gasteiger partial charge in [-0.3, -0.25) is 0 Å². The van der Waals surface area contributed by atoms with Crippen LogP contribution in [0.2, 0.25) is 0 Å². The Morgan fingerprint density at radius 1 is 1.62 bits per heavy atom. The Kier molecular flexibility index (Phi) is 2.30. The summed E-state index contributed by atoms with van der Waals surface area (Å²) >= 11 is 0. The van der Waals surface area contributed by atoms with Crippen molar-refractivity contribution in [2.24, 2.45) is 5.73 Å². The summed E-state index contributed by atoms with van der Waals surface area (Å²) < 4.78 is 0. The van der Waals surface area contributed by atoms with Crippen molar-refractivity contribution in [1.29, 1.82) is 0 Å². The molecular weight excluding hydrogens is 100 g/mol. The van der Waals surface area contributed by atoms with Gasteiger partial charge in [0.25, 0.3) is 0 Å². The second-order valence-corrected chi connectivity index (χ2v) is 2.37. The summed E-state index contributed by atoms with van der Waals surface area (Å²) in [6, 6.07) is 0.736. The molecule has 2 heteroatoms. The van der Waals surface area contributed by atoms with Crippen LogP contribution < -0.4 is 11.1 Å². The zero-order valence-electron chi connectivity index (χ0n) is 5.19. The number of rotatable bonds is 2. The fourth-order valence-corrected chi connectivity index (χ4v) is 1.20. The number of nitrogens with one attached hydrogen (secondary N) is 1. The first-order chi connectivity index (χ1) is 3.93. The van der Waals surface area contributed by atoms with E-state index in [-0.39, 0.29) is 0 Å². The zero-order valence-corrected chi connectivity index (χ0v) is 5.19. The van der Waals surface area contributed by atoms with Crippen LogP contribution >= 0.6 is 0 Å². The molecule has 3 N–H and O–H groups in total. The molecule has 1 rings (SSSR count). The molecule has 8 heavy (non-hydrogen) atoms. The molecule has 1 aliphatic rings. The first-order valence-electron chi connectivity index (χ1n) is 3.37. The van der Waals surface area contributed by atoms with E-state index in [0.29, 0.717) is 0 Å². The zero-order chi connectivity index (χ0) is 5.82.